The van der Waals surface area contributed by atoms with Gasteiger partial charge in [0.15, 0.2) is 0 Å². The first-order chi connectivity index (χ1) is 36.7. The van der Waals surface area contributed by atoms with Crippen molar-refractivity contribution < 1.29 is 0 Å². The van der Waals surface area contributed by atoms with E-state index in [1.165, 1.54) is 132 Å². The molecule has 2 saturated heterocycles. The summed E-state index contributed by atoms with van der Waals surface area (Å²) in [4.78, 5) is 8.09. The predicted molar refractivity (Wildman–Crippen MR) is 311 cm³/mol. The minimum Gasteiger partial charge on any atom is -0.365 e. The van der Waals surface area contributed by atoms with Gasteiger partial charge in [0.1, 0.15) is 0 Å². The zero-order valence-electron chi connectivity index (χ0n) is 41.2. The molecule has 0 atom stereocenters. The van der Waals surface area contributed by atoms with Crippen molar-refractivity contribution in [2.75, 3.05) is 14.7 Å². The lowest BCUT2D eigenvalue weighted by Crippen LogP contribution is -2.61. The highest BCUT2D eigenvalue weighted by Crippen LogP contribution is 2.53. The van der Waals surface area contributed by atoms with Gasteiger partial charge >= 0.3 is 0 Å². The van der Waals surface area contributed by atoms with Gasteiger partial charge in [-0.15, -0.1) is 0 Å². The first kappa shape index (κ1) is 42.0. The highest BCUT2D eigenvalue weighted by molar-refractivity contribution is 7.00. The quantitative estimate of drug-likeness (QED) is 0.148. The number of fused-ring (bicyclic) bond motifs is 7. The molecular formula is C69H53BN4. The van der Waals surface area contributed by atoms with Crippen LogP contribution in [0, 0.1) is 11.8 Å². The maximum Gasteiger partial charge on any atom is 0.252 e. The Bertz CT molecular complexity index is 3900. The van der Waals surface area contributed by atoms with E-state index in [1.807, 2.05) is 0 Å². The molecule has 4 fully saturated rings. The first-order valence-electron chi connectivity index (χ1n) is 26.9. The van der Waals surface area contributed by atoms with Gasteiger partial charge in [-0.2, -0.15) is 0 Å². The molecule has 17 rings (SSSR count). The monoisotopic (exact) mass is 948 g/mol. The largest absolute Gasteiger partial charge is 0.365 e. The van der Waals surface area contributed by atoms with Crippen LogP contribution >= 0.6 is 0 Å². The van der Waals surface area contributed by atoms with E-state index >= 15 is 0 Å². The number of anilines is 7. The molecule has 11 aromatic rings. The molecule has 5 heteroatoms. The molecule has 2 saturated carbocycles. The van der Waals surface area contributed by atoms with Gasteiger partial charge in [0, 0.05) is 62.7 Å². The SMILES string of the molecule is c1ccc(-c2ccc(N3c4ccc(-c5ccccc5)cc4B4c5ccc(N6C7CC8CC(C7)CC6C8)cc5N(c5ccc(-c6ccccc6)cc5)c5cc(-n6c7ccccc7c7ccccc76)cc3c54)cc2)cc1. The maximum atomic E-state index is 2.88. The van der Waals surface area contributed by atoms with Crippen LogP contribution in [0.4, 0.5) is 39.8 Å². The fraction of sp³-hybridized carbons (Fsp3) is 0.130. The molecule has 74 heavy (non-hydrogen) atoms. The second kappa shape index (κ2) is 16.5. The smallest absolute Gasteiger partial charge is 0.252 e. The number of aromatic nitrogens is 1. The molecule has 5 heterocycles. The molecular weight excluding hydrogens is 896 g/mol. The third kappa shape index (κ3) is 6.48. The zero-order valence-corrected chi connectivity index (χ0v) is 41.2. The van der Waals surface area contributed by atoms with E-state index in [1.54, 1.807) is 0 Å². The van der Waals surface area contributed by atoms with E-state index < -0.39 is 0 Å². The van der Waals surface area contributed by atoms with Crippen LogP contribution in [0.3, 0.4) is 0 Å². The Kier molecular flexibility index (Phi) is 9.37. The van der Waals surface area contributed by atoms with E-state index in [-0.39, 0.29) is 6.71 Å². The fourth-order valence-corrected chi connectivity index (χ4v) is 14.6. The van der Waals surface area contributed by atoms with Crippen LogP contribution in [-0.2, 0) is 0 Å². The molecule has 0 radical (unpaired) electrons. The van der Waals surface area contributed by atoms with E-state index in [4.69, 9.17) is 0 Å². The second-order valence-electron chi connectivity index (χ2n) is 21.7. The average molecular weight is 949 g/mol. The van der Waals surface area contributed by atoms with Gasteiger partial charge in [-0.3, -0.25) is 0 Å². The standard InChI is InChI=1S/C69H53BN4/c1-4-14-47(15-5-1)50-24-29-53(30-25-50)72-65-35-28-52(49-18-8-3-9-19-49)41-62(65)70-61-34-33-55(71-56-37-45-36-46(39-56)40-57(71)38-45)42-66(61)73(54-31-26-51(27-32-54)48-16-6-2-7-17-48)68-44-58(43-67(72)69(68)70)74-63-22-12-10-20-59(63)60-21-11-13-23-64(60)74/h1-35,41-46,56-57H,36-40H2. The number of piperidine rings is 2. The summed E-state index contributed by atoms with van der Waals surface area (Å²) in [5.74, 6) is 1.76. The summed E-state index contributed by atoms with van der Waals surface area (Å²) in [6, 6.07) is 90.2. The molecule has 1 aromatic heterocycles. The third-order valence-corrected chi connectivity index (χ3v) is 17.6. The average Bonchev–Trinajstić information content (AvgIpc) is 3.80. The minimum atomic E-state index is -0.0388. The lowest BCUT2D eigenvalue weighted by atomic mass is 9.33. The van der Waals surface area contributed by atoms with E-state index in [2.05, 4.69) is 256 Å². The van der Waals surface area contributed by atoms with Crippen molar-refractivity contribution in [1.29, 1.82) is 0 Å². The molecule has 6 aliphatic rings. The van der Waals surface area contributed by atoms with Gasteiger partial charge in [0.2, 0.25) is 0 Å². The number of benzene rings is 10. The zero-order chi connectivity index (χ0) is 48.4. The summed E-state index contributed by atoms with van der Waals surface area (Å²) in [6.45, 7) is -0.0388. The molecule has 0 N–H and O–H groups in total. The molecule has 0 spiro atoms. The van der Waals surface area contributed by atoms with Gasteiger partial charge in [-0.25, -0.2) is 0 Å². The predicted octanol–water partition coefficient (Wildman–Crippen LogP) is 15.6. The van der Waals surface area contributed by atoms with Crippen LogP contribution in [0.25, 0.3) is 60.9 Å². The lowest BCUT2D eigenvalue weighted by Gasteiger charge is -2.57. The molecule has 4 nitrogen and oxygen atoms in total. The topological polar surface area (TPSA) is 14.7 Å². The van der Waals surface area contributed by atoms with Crippen molar-refractivity contribution >= 4 is 84.7 Å². The van der Waals surface area contributed by atoms with Gasteiger partial charge in [0.25, 0.3) is 6.71 Å². The maximum absolute atomic E-state index is 2.88. The molecule has 4 bridgehead atoms. The number of hydrogen-bond acceptors (Lipinski definition) is 3. The fourth-order valence-electron chi connectivity index (χ4n) is 14.6. The Morgan fingerprint density at radius 1 is 0.311 bits per heavy atom. The van der Waals surface area contributed by atoms with Crippen molar-refractivity contribution in [2.24, 2.45) is 11.8 Å². The Hall–Kier alpha value is -8.54. The van der Waals surface area contributed by atoms with Crippen LogP contribution in [0.5, 0.6) is 0 Å². The Labute approximate surface area is 433 Å². The summed E-state index contributed by atoms with van der Waals surface area (Å²) >= 11 is 0. The van der Waals surface area contributed by atoms with Crippen LogP contribution in [0.1, 0.15) is 32.1 Å². The van der Waals surface area contributed by atoms with E-state index in [0.717, 1.165) is 28.9 Å². The van der Waals surface area contributed by atoms with Crippen molar-refractivity contribution in [3.05, 3.63) is 237 Å². The Balaban J connectivity index is 0.992. The molecule has 352 valence electrons. The normalized spacial score (nSPS) is 19.0. The highest BCUT2D eigenvalue weighted by atomic mass is 15.2. The molecule has 10 aromatic carbocycles. The number of rotatable bonds is 7. The molecule has 4 aliphatic heterocycles. The van der Waals surface area contributed by atoms with Crippen LogP contribution in [0.2, 0.25) is 0 Å². The van der Waals surface area contributed by atoms with Crippen molar-refractivity contribution in [3.8, 4) is 39.1 Å². The minimum absolute atomic E-state index is 0.0388. The Morgan fingerprint density at radius 3 is 1.28 bits per heavy atom. The van der Waals surface area contributed by atoms with Gasteiger partial charge in [0.05, 0.1) is 16.7 Å². The number of para-hydroxylation sites is 2. The van der Waals surface area contributed by atoms with Crippen molar-refractivity contribution in [3.63, 3.8) is 0 Å². The summed E-state index contributed by atoms with van der Waals surface area (Å²) in [7, 11) is 0. The number of hydrogen-bond donors (Lipinski definition) is 0. The first-order valence-corrected chi connectivity index (χ1v) is 26.9. The van der Waals surface area contributed by atoms with Gasteiger partial charge < -0.3 is 19.3 Å². The molecule has 0 amide bonds. The summed E-state index contributed by atoms with van der Waals surface area (Å²) in [5, 5.41) is 2.51. The Morgan fingerprint density at radius 2 is 0.743 bits per heavy atom. The highest BCUT2D eigenvalue weighted by Gasteiger charge is 2.48. The summed E-state index contributed by atoms with van der Waals surface area (Å²) < 4.78 is 2.52. The summed E-state index contributed by atoms with van der Waals surface area (Å²) in [5.41, 5.74) is 23.4. The lowest BCUT2D eigenvalue weighted by molar-refractivity contribution is 0.0900. The van der Waals surface area contributed by atoms with Gasteiger partial charge in [-0.1, -0.05) is 170 Å². The molecule has 2 aliphatic carbocycles. The third-order valence-electron chi connectivity index (χ3n) is 17.6. The van der Waals surface area contributed by atoms with Crippen LogP contribution in [-0.4, -0.2) is 23.4 Å². The number of nitrogens with zero attached hydrogens (tertiary/aromatic N) is 4. The van der Waals surface area contributed by atoms with Gasteiger partial charge in [-0.05, 0) is 160 Å². The van der Waals surface area contributed by atoms with E-state index in [9.17, 15) is 0 Å². The molecule has 0 unspecified atom stereocenters. The van der Waals surface area contributed by atoms with E-state index in [0.29, 0.717) is 12.1 Å². The van der Waals surface area contributed by atoms with Crippen molar-refractivity contribution in [1.82, 2.24) is 4.57 Å². The van der Waals surface area contributed by atoms with Crippen molar-refractivity contribution in [2.45, 2.75) is 44.2 Å². The van der Waals surface area contributed by atoms with Crippen LogP contribution in [0.15, 0.2) is 237 Å². The van der Waals surface area contributed by atoms with Crippen LogP contribution < -0.4 is 31.1 Å². The summed E-state index contributed by atoms with van der Waals surface area (Å²) in [6.07, 6.45) is 6.73. The second-order valence-corrected chi connectivity index (χ2v) is 21.7.